The summed E-state index contributed by atoms with van der Waals surface area (Å²) >= 11 is 0. The molecule has 0 radical (unpaired) electrons. The van der Waals surface area contributed by atoms with Gasteiger partial charge in [-0.2, -0.15) is 0 Å². The Morgan fingerprint density at radius 1 is 0.727 bits per heavy atom. The van der Waals surface area contributed by atoms with Crippen LogP contribution in [0.3, 0.4) is 0 Å². The van der Waals surface area contributed by atoms with Gasteiger partial charge in [0.1, 0.15) is 31.2 Å². The number of hydrogen-bond donors (Lipinski definition) is 4. The highest BCUT2D eigenvalue weighted by Crippen LogP contribution is 2.22. The third-order valence-corrected chi connectivity index (χ3v) is 6.08. The van der Waals surface area contributed by atoms with Crippen LogP contribution in [0.25, 0.3) is 0 Å². The van der Waals surface area contributed by atoms with Crippen LogP contribution in [0, 0.1) is 0 Å². The summed E-state index contributed by atoms with van der Waals surface area (Å²) in [5.74, 6) is -0.515. The van der Waals surface area contributed by atoms with E-state index in [0.29, 0.717) is 6.42 Å². The van der Waals surface area contributed by atoms with Crippen molar-refractivity contribution in [3.05, 3.63) is 0 Å². The quantitative estimate of drug-likeness (QED) is 0.175. The molecule has 1 saturated heterocycles. The fourth-order valence-electron chi connectivity index (χ4n) is 3.99. The lowest BCUT2D eigenvalue weighted by atomic mass is 9.99. The molecule has 0 amide bonds. The molecule has 0 aromatic carbocycles. The first-order chi connectivity index (χ1) is 16.0. The molecule has 0 aliphatic carbocycles. The van der Waals surface area contributed by atoms with Crippen molar-refractivity contribution < 1.29 is 39.5 Å². The SMILES string of the molecule is C=O.CCCCCCCCCCCCCCCCCC(=O)OC1O[C@H](CO)[C@@H](O)[C@H](O)[C@H]1O. The van der Waals surface area contributed by atoms with E-state index >= 15 is 0 Å². The summed E-state index contributed by atoms with van der Waals surface area (Å²) in [5.41, 5.74) is 0. The number of unbranched alkanes of at least 4 members (excludes halogenated alkanes) is 14. The van der Waals surface area contributed by atoms with Crippen LogP contribution in [0.15, 0.2) is 0 Å². The van der Waals surface area contributed by atoms with Gasteiger partial charge in [-0.3, -0.25) is 4.79 Å². The zero-order valence-electron chi connectivity index (χ0n) is 20.5. The smallest absolute Gasteiger partial charge is 0.308 e. The summed E-state index contributed by atoms with van der Waals surface area (Å²) in [7, 11) is 0. The molecule has 1 heterocycles. The second-order valence-corrected chi connectivity index (χ2v) is 8.89. The van der Waals surface area contributed by atoms with Crippen LogP contribution in [-0.4, -0.2) is 70.5 Å². The third kappa shape index (κ3) is 14.7. The number of rotatable bonds is 18. The van der Waals surface area contributed by atoms with Crippen molar-refractivity contribution in [2.75, 3.05) is 6.61 Å². The molecular formula is C25H48O8. The van der Waals surface area contributed by atoms with Crippen LogP contribution in [0.2, 0.25) is 0 Å². The standard InChI is InChI=1S/C24H46O7.CH2O/c1-2-3-4-5-6-7-8-9-10-11-12-13-14-15-16-17-20(26)31-24-23(29)22(28)21(27)19(18-25)30-24;1-2/h19,21-25,27-29H,2-18H2,1H3;1H2/t19-,21-,22+,23-,24?;/m1./s1. The number of esters is 1. The van der Waals surface area contributed by atoms with Gasteiger partial charge >= 0.3 is 5.97 Å². The predicted octanol–water partition coefficient (Wildman–Crippen LogP) is 3.41. The van der Waals surface area contributed by atoms with Crippen LogP contribution < -0.4 is 0 Å². The van der Waals surface area contributed by atoms with E-state index < -0.39 is 43.3 Å². The Hall–Kier alpha value is -1.06. The summed E-state index contributed by atoms with van der Waals surface area (Å²) in [6.07, 6.45) is 12.0. The molecule has 1 rings (SSSR count). The first-order valence-corrected chi connectivity index (χ1v) is 12.8. The Balaban J connectivity index is 0.00000497. The predicted molar refractivity (Wildman–Crippen MR) is 127 cm³/mol. The van der Waals surface area contributed by atoms with Crippen LogP contribution >= 0.6 is 0 Å². The molecule has 196 valence electrons. The molecule has 0 aromatic rings. The normalized spacial score (nSPS) is 24.7. The third-order valence-electron chi connectivity index (χ3n) is 6.08. The van der Waals surface area contributed by atoms with Gasteiger partial charge in [0.15, 0.2) is 0 Å². The van der Waals surface area contributed by atoms with E-state index in [1.54, 1.807) is 0 Å². The number of carbonyl (C=O) groups is 2. The van der Waals surface area contributed by atoms with Gasteiger partial charge in [0, 0.05) is 6.42 Å². The molecule has 1 fully saturated rings. The Kier molecular flexibility index (Phi) is 20.8. The molecule has 0 bridgehead atoms. The van der Waals surface area contributed by atoms with E-state index in [1.165, 1.54) is 77.0 Å². The number of aliphatic hydroxyl groups is 4. The van der Waals surface area contributed by atoms with E-state index in [1.807, 2.05) is 6.79 Å². The molecule has 1 unspecified atom stereocenters. The second-order valence-electron chi connectivity index (χ2n) is 8.89. The van der Waals surface area contributed by atoms with Crippen molar-refractivity contribution in [3.63, 3.8) is 0 Å². The van der Waals surface area contributed by atoms with Crippen molar-refractivity contribution >= 4 is 12.8 Å². The molecule has 8 heteroatoms. The van der Waals surface area contributed by atoms with Gasteiger partial charge in [0.2, 0.25) is 6.29 Å². The fourth-order valence-corrected chi connectivity index (χ4v) is 3.99. The summed E-state index contributed by atoms with van der Waals surface area (Å²) in [6, 6.07) is 0. The molecule has 0 saturated carbocycles. The van der Waals surface area contributed by atoms with Gasteiger partial charge in [-0.25, -0.2) is 0 Å². The number of aliphatic hydroxyl groups excluding tert-OH is 4. The van der Waals surface area contributed by atoms with Gasteiger partial charge in [0.05, 0.1) is 6.61 Å². The van der Waals surface area contributed by atoms with Gasteiger partial charge in [0.25, 0.3) is 0 Å². The van der Waals surface area contributed by atoms with Crippen molar-refractivity contribution in [3.8, 4) is 0 Å². The van der Waals surface area contributed by atoms with Gasteiger partial charge < -0.3 is 34.7 Å². The van der Waals surface area contributed by atoms with Crippen molar-refractivity contribution in [2.24, 2.45) is 0 Å². The van der Waals surface area contributed by atoms with Gasteiger partial charge in [-0.1, -0.05) is 96.8 Å². The van der Waals surface area contributed by atoms with Crippen LogP contribution in [-0.2, 0) is 19.1 Å². The van der Waals surface area contributed by atoms with Crippen molar-refractivity contribution in [1.82, 2.24) is 0 Å². The van der Waals surface area contributed by atoms with Gasteiger partial charge in [-0.05, 0) is 6.42 Å². The first kappa shape index (κ1) is 31.9. The average molecular weight is 477 g/mol. The maximum absolute atomic E-state index is 12.0. The Morgan fingerprint density at radius 3 is 1.58 bits per heavy atom. The summed E-state index contributed by atoms with van der Waals surface area (Å²) < 4.78 is 10.3. The van der Waals surface area contributed by atoms with E-state index in [2.05, 4.69) is 6.92 Å². The lowest BCUT2D eigenvalue weighted by Crippen LogP contribution is -2.59. The van der Waals surface area contributed by atoms with E-state index in [0.717, 1.165) is 12.8 Å². The maximum atomic E-state index is 12.0. The van der Waals surface area contributed by atoms with Crippen LogP contribution in [0.5, 0.6) is 0 Å². The lowest BCUT2D eigenvalue weighted by molar-refractivity contribution is -0.292. The Morgan fingerprint density at radius 2 is 1.15 bits per heavy atom. The van der Waals surface area contributed by atoms with Crippen molar-refractivity contribution in [2.45, 2.75) is 140 Å². The van der Waals surface area contributed by atoms with Crippen LogP contribution in [0.1, 0.15) is 110 Å². The molecular weight excluding hydrogens is 428 g/mol. The second kappa shape index (κ2) is 21.5. The highest BCUT2D eigenvalue weighted by molar-refractivity contribution is 5.69. The Labute approximate surface area is 199 Å². The average Bonchev–Trinajstić information content (AvgIpc) is 2.83. The lowest BCUT2D eigenvalue weighted by Gasteiger charge is -2.39. The molecule has 33 heavy (non-hydrogen) atoms. The molecule has 0 spiro atoms. The molecule has 1 aliphatic heterocycles. The largest absolute Gasteiger partial charge is 0.433 e. The Bertz CT molecular complexity index is 460. The number of hydrogen-bond acceptors (Lipinski definition) is 8. The first-order valence-electron chi connectivity index (χ1n) is 12.8. The van der Waals surface area contributed by atoms with Crippen molar-refractivity contribution in [1.29, 1.82) is 0 Å². The number of ether oxygens (including phenoxy) is 2. The molecule has 4 N–H and O–H groups in total. The summed E-state index contributed by atoms with van der Waals surface area (Å²) in [5, 5.41) is 38.5. The number of carbonyl (C=O) groups excluding carboxylic acids is 2. The minimum atomic E-state index is -1.54. The molecule has 1 aliphatic rings. The van der Waals surface area contributed by atoms with Gasteiger partial charge in [-0.15, -0.1) is 0 Å². The summed E-state index contributed by atoms with van der Waals surface area (Å²) in [4.78, 5) is 20.0. The van der Waals surface area contributed by atoms with E-state index in [-0.39, 0.29) is 6.42 Å². The van der Waals surface area contributed by atoms with E-state index in [4.69, 9.17) is 19.4 Å². The van der Waals surface area contributed by atoms with Crippen LogP contribution in [0.4, 0.5) is 0 Å². The monoisotopic (exact) mass is 476 g/mol. The minimum absolute atomic E-state index is 0.216. The molecule has 0 aromatic heterocycles. The zero-order chi connectivity index (χ0) is 24.9. The molecule has 8 nitrogen and oxygen atoms in total. The highest BCUT2D eigenvalue weighted by atomic mass is 16.7. The zero-order valence-corrected chi connectivity index (χ0v) is 20.5. The fraction of sp³-hybridized carbons (Fsp3) is 0.920. The maximum Gasteiger partial charge on any atom is 0.308 e. The topological polar surface area (TPSA) is 134 Å². The van der Waals surface area contributed by atoms with E-state index in [9.17, 15) is 20.1 Å². The minimum Gasteiger partial charge on any atom is -0.433 e. The molecule has 5 atom stereocenters. The highest BCUT2D eigenvalue weighted by Gasteiger charge is 2.45. The summed E-state index contributed by atoms with van der Waals surface area (Å²) in [6.45, 7) is 3.71.